The first-order valence-corrected chi connectivity index (χ1v) is 5.82. The second-order valence-electron chi connectivity index (χ2n) is 3.18. The quantitative estimate of drug-likeness (QED) is 0.796. The van der Waals surface area contributed by atoms with Crippen LogP contribution in [-0.2, 0) is 9.59 Å². The molecule has 0 radical (unpaired) electrons. The summed E-state index contributed by atoms with van der Waals surface area (Å²) in [7, 11) is 0. The van der Waals surface area contributed by atoms with E-state index in [1.807, 2.05) is 12.1 Å². The van der Waals surface area contributed by atoms with Crippen molar-refractivity contribution in [3.8, 4) is 0 Å². The molecule has 0 aromatic carbocycles. The SMILES string of the molecule is O=C1CC(=O)NC(c2ccc(Br)s2)C1. The van der Waals surface area contributed by atoms with Crippen molar-refractivity contribution in [2.45, 2.75) is 18.9 Å². The first kappa shape index (κ1) is 9.86. The standard InChI is InChI=1S/C9H8BrNO2S/c10-8-2-1-7(14-8)6-3-5(12)4-9(13)11-6/h1-2,6H,3-4H2,(H,11,13). The molecular formula is C9H8BrNO2S. The number of thiophene rings is 1. The largest absolute Gasteiger partial charge is 0.348 e. The van der Waals surface area contributed by atoms with E-state index in [0.717, 1.165) is 8.66 Å². The summed E-state index contributed by atoms with van der Waals surface area (Å²) >= 11 is 4.90. The Bertz CT molecular complexity index is 372. The van der Waals surface area contributed by atoms with Gasteiger partial charge in [-0.15, -0.1) is 11.3 Å². The van der Waals surface area contributed by atoms with Gasteiger partial charge < -0.3 is 5.32 Å². The molecule has 1 fully saturated rings. The van der Waals surface area contributed by atoms with Gasteiger partial charge in [-0.05, 0) is 28.1 Å². The maximum Gasteiger partial charge on any atom is 0.227 e. The molecule has 0 aliphatic carbocycles. The summed E-state index contributed by atoms with van der Waals surface area (Å²) in [5, 5.41) is 2.81. The first-order chi connectivity index (χ1) is 6.65. The van der Waals surface area contributed by atoms with E-state index in [-0.39, 0.29) is 24.2 Å². The molecule has 0 spiro atoms. The monoisotopic (exact) mass is 273 g/mol. The molecule has 0 bridgehead atoms. The Labute approximate surface area is 93.6 Å². The number of halogens is 1. The molecule has 14 heavy (non-hydrogen) atoms. The number of Topliss-reactive ketones (excluding diaryl/α,β-unsaturated/α-hetero) is 1. The van der Waals surface area contributed by atoms with Crippen LogP contribution >= 0.6 is 27.3 Å². The molecule has 1 aliphatic heterocycles. The van der Waals surface area contributed by atoms with Crippen LogP contribution in [-0.4, -0.2) is 11.7 Å². The smallest absolute Gasteiger partial charge is 0.227 e. The van der Waals surface area contributed by atoms with Crippen molar-refractivity contribution in [1.29, 1.82) is 0 Å². The van der Waals surface area contributed by atoms with E-state index in [1.165, 1.54) is 0 Å². The highest BCUT2D eigenvalue weighted by Gasteiger charge is 2.26. The van der Waals surface area contributed by atoms with E-state index in [1.54, 1.807) is 11.3 Å². The van der Waals surface area contributed by atoms with Crippen molar-refractivity contribution in [3.63, 3.8) is 0 Å². The van der Waals surface area contributed by atoms with Crippen LogP contribution in [0.5, 0.6) is 0 Å². The van der Waals surface area contributed by atoms with Crippen molar-refractivity contribution in [3.05, 3.63) is 20.8 Å². The van der Waals surface area contributed by atoms with Crippen LogP contribution in [0.2, 0.25) is 0 Å². The van der Waals surface area contributed by atoms with Crippen molar-refractivity contribution >= 4 is 39.0 Å². The third-order valence-electron chi connectivity index (χ3n) is 2.06. The molecule has 5 heteroatoms. The summed E-state index contributed by atoms with van der Waals surface area (Å²) in [4.78, 5) is 23.3. The predicted molar refractivity (Wildman–Crippen MR) is 57.1 cm³/mol. The summed E-state index contributed by atoms with van der Waals surface area (Å²) in [5.74, 6) is -0.154. The van der Waals surface area contributed by atoms with E-state index < -0.39 is 0 Å². The fourth-order valence-corrected chi connectivity index (χ4v) is 2.94. The van der Waals surface area contributed by atoms with Crippen LogP contribution in [0.4, 0.5) is 0 Å². The molecule has 1 aromatic heterocycles. The molecule has 74 valence electrons. The molecular weight excluding hydrogens is 266 g/mol. The fraction of sp³-hybridized carbons (Fsp3) is 0.333. The zero-order valence-corrected chi connectivity index (χ0v) is 9.65. The third kappa shape index (κ3) is 2.04. The van der Waals surface area contributed by atoms with Gasteiger partial charge in [-0.3, -0.25) is 9.59 Å². The van der Waals surface area contributed by atoms with Gasteiger partial charge >= 0.3 is 0 Å². The highest BCUT2D eigenvalue weighted by atomic mass is 79.9. The summed E-state index contributed by atoms with van der Waals surface area (Å²) in [5.41, 5.74) is 0. The molecule has 2 rings (SSSR count). The van der Waals surface area contributed by atoms with Crippen LogP contribution in [0.15, 0.2) is 15.9 Å². The van der Waals surface area contributed by atoms with Crippen LogP contribution in [0, 0.1) is 0 Å². The minimum absolute atomic E-state index is 0.0169. The van der Waals surface area contributed by atoms with Crippen molar-refractivity contribution in [2.24, 2.45) is 0 Å². The highest BCUT2D eigenvalue weighted by molar-refractivity contribution is 9.11. The minimum atomic E-state index is -0.171. The lowest BCUT2D eigenvalue weighted by molar-refractivity contribution is -0.132. The number of hydrogen-bond donors (Lipinski definition) is 1. The Kier molecular flexibility index (Phi) is 2.69. The van der Waals surface area contributed by atoms with Crippen molar-refractivity contribution < 1.29 is 9.59 Å². The Morgan fingerprint density at radius 3 is 2.79 bits per heavy atom. The molecule has 1 saturated heterocycles. The second-order valence-corrected chi connectivity index (χ2v) is 5.68. The summed E-state index contributed by atoms with van der Waals surface area (Å²) in [6, 6.07) is 3.73. The summed E-state index contributed by atoms with van der Waals surface area (Å²) in [6.07, 6.45) is 0.446. The highest BCUT2D eigenvalue weighted by Crippen LogP contribution is 2.30. The fourth-order valence-electron chi connectivity index (χ4n) is 1.46. The van der Waals surface area contributed by atoms with E-state index in [2.05, 4.69) is 21.2 Å². The molecule has 1 atom stereocenters. The van der Waals surface area contributed by atoms with Gasteiger partial charge in [0.05, 0.1) is 16.2 Å². The number of piperidine rings is 1. The average molecular weight is 274 g/mol. The lowest BCUT2D eigenvalue weighted by Gasteiger charge is -2.20. The van der Waals surface area contributed by atoms with E-state index in [0.29, 0.717) is 6.42 Å². The normalized spacial score (nSPS) is 22.2. The van der Waals surface area contributed by atoms with E-state index in [9.17, 15) is 9.59 Å². The Hall–Kier alpha value is -0.680. The maximum absolute atomic E-state index is 11.2. The lowest BCUT2D eigenvalue weighted by Crippen LogP contribution is -2.36. The van der Waals surface area contributed by atoms with Gasteiger partial charge in [0.2, 0.25) is 5.91 Å². The number of hydrogen-bond acceptors (Lipinski definition) is 3. The van der Waals surface area contributed by atoms with E-state index >= 15 is 0 Å². The lowest BCUT2D eigenvalue weighted by atomic mass is 10.0. The zero-order valence-electron chi connectivity index (χ0n) is 7.25. The van der Waals surface area contributed by atoms with E-state index in [4.69, 9.17) is 0 Å². The topological polar surface area (TPSA) is 46.2 Å². The number of nitrogens with one attached hydrogen (secondary N) is 1. The molecule has 1 aromatic rings. The van der Waals surface area contributed by atoms with Crippen LogP contribution in [0.1, 0.15) is 23.8 Å². The molecule has 1 N–H and O–H groups in total. The predicted octanol–water partition coefficient (Wildman–Crippen LogP) is 2.03. The first-order valence-electron chi connectivity index (χ1n) is 4.21. The minimum Gasteiger partial charge on any atom is -0.348 e. The van der Waals surface area contributed by atoms with Gasteiger partial charge in [-0.25, -0.2) is 0 Å². The third-order valence-corrected chi connectivity index (χ3v) is 3.80. The molecule has 3 nitrogen and oxygen atoms in total. The number of carbonyl (C=O) groups excluding carboxylic acids is 2. The number of carbonyl (C=O) groups is 2. The number of rotatable bonds is 1. The number of ketones is 1. The van der Waals surface area contributed by atoms with Gasteiger partial charge in [-0.2, -0.15) is 0 Å². The Balaban J connectivity index is 2.18. The van der Waals surface area contributed by atoms with Gasteiger partial charge in [0.1, 0.15) is 5.78 Å². The summed E-state index contributed by atoms with van der Waals surface area (Å²) < 4.78 is 1.01. The average Bonchev–Trinajstić information content (AvgIpc) is 2.50. The van der Waals surface area contributed by atoms with Crippen molar-refractivity contribution in [1.82, 2.24) is 5.32 Å². The van der Waals surface area contributed by atoms with Gasteiger partial charge in [0.15, 0.2) is 0 Å². The second kappa shape index (κ2) is 3.82. The van der Waals surface area contributed by atoms with Crippen LogP contribution < -0.4 is 5.32 Å². The molecule has 1 amide bonds. The zero-order chi connectivity index (χ0) is 10.1. The van der Waals surface area contributed by atoms with Gasteiger partial charge in [-0.1, -0.05) is 0 Å². The molecule has 1 unspecified atom stereocenters. The van der Waals surface area contributed by atoms with Gasteiger partial charge in [0, 0.05) is 11.3 Å². The molecule has 2 heterocycles. The summed E-state index contributed by atoms with van der Waals surface area (Å²) in [6.45, 7) is 0. The maximum atomic E-state index is 11.2. The number of amides is 1. The van der Waals surface area contributed by atoms with Crippen LogP contribution in [0.3, 0.4) is 0 Å². The van der Waals surface area contributed by atoms with Crippen LogP contribution in [0.25, 0.3) is 0 Å². The molecule has 0 saturated carbocycles. The van der Waals surface area contributed by atoms with Crippen molar-refractivity contribution in [2.75, 3.05) is 0 Å². The Morgan fingerprint density at radius 2 is 2.21 bits per heavy atom. The van der Waals surface area contributed by atoms with Gasteiger partial charge in [0.25, 0.3) is 0 Å². The molecule has 1 aliphatic rings. The Morgan fingerprint density at radius 1 is 1.43 bits per heavy atom.